The van der Waals surface area contributed by atoms with E-state index in [1.807, 2.05) is 38.1 Å². The van der Waals surface area contributed by atoms with Crippen LogP contribution in [-0.4, -0.2) is 41.0 Å². The lowest BCUT2D eigenvalue weighted by atomic mass is 9.85. The Bertz CT molecular complexity index is 1030. The Kier molecular flexibility index (Phi) is 7.65. The molecular weight excluding hydrogens is 438 g/mol. The molecule has 2 aromatic rings. The zero-order valence-corrected chi connectivity index (χ0v) is 20.6. The Morgan fingerprint density at radius 1 is 1.06 bits per heavy atom. The molecule has 1 heterocycles. The third-order valence-corrected chi connectivity index (χ3v) is 6.00. The highest BCUT2D eigenvalue weighted by molar-refractivity contribution is 6.46. The third kappa shape index (κ3) is 5.66. The first-order valence-corrected chi connectivity index (χ1v) is 11.6. The lowest BCUT2D eigenvalue weighted by molar-refractivity contribution is -0.140. The summed E-state index contributed by atoms with van der Waals surface area (Å²) < 4.78 is 5.62. The first-order chi connectivity index (χ1) is 15.5. The van der Waals surface area contributed by atoms with Crippen LogP contribution in [0.1, 0.15) is 63.8 Å². The van der Waals surface area contributed by atoms with Gasteiger partial charge in [0, 0.05) is 23.7 Å². The van der Waals surface area contributed by atoms with E-state index in [-0.39, 0.29) is 22.9 Å². The molecule has 0 radical (unpaired) electrons. The average molecular weight is 470 g/mol. The van der Waals surface area contributed by atoms with Crippen molar-refractivity contribution < 1.29 is 19.4 Å². The number of ether oxygens (including phenoxy) is 1. The molecule has 0 aliphatic carbocycles. The second-order valence-corrected chi connectivity index (χ2v) is 10.1. The summed E-state index contributed by atoms with van der Waals surface area (Å²) in [6, 6.07) is 13.8. The highest BCUT2D eigenvalue weighted by Gasteiger charge is 2.45. The summed E-state index contributed by atoms with van der Waals surface area (Å²) in [5.41, 5.74) is 2.43. The van der Waals surface area contributed by atoms with Crippen LogP contribution in [0.15, 0.2) is 54.1 Å². The summed E-state index contributed by atoms with van der Waals surface area (Å²) in [4.78, 5) is 27.6. The predicted octanol–water partition coefficient (Wildman–Crippen LogP) is 5.87. The smallest absolute Gasteiger partial charge is 0.295 e. The summed E-state index contributed by atoms with van der Waals surface area (Å²) >= 11 is 5.98. The van der Waals surface area contributed by atoms with Crippen molar-refractivity contribution >= 4 is 29.1 Å². The second-order valence-electron chi connectivity index (χ2n) is 9.64. The van der Waals surface area contributed by atoms with Crippen molar-refractivity contribution in [3.8, 4) is 0 Å². The Labute approximate surface area is 201 Å². The number of likely N-dealkylation sites (tertiary alicyclic amines) is 1. The Morgan fingerprint density at radius 2 is 1.67 bits per heavy atom. The molecule has 0 bridgehead atoms. The van der Waals surface area contributed by atoms with E-state index in [1.165, 1.54) is 0 Å². The Balaban J connectivity index is 2.04. The molecule has 3 rings (SSSR count). The van der Waals surface area contributed by atoms with Gasteiger partial charge in [-0.05, 0) is 61.1 Å². The van der Waals surface area contributed by atoms with Gasteiger partial charge in [-0.1, -0.05) is 56.6 Å². The summed E-state index contributed by atoms with van der Waals surface area (Å²) in [6.45, 7) is 11.1. The minimum absolute atomic E-state index is 0.0299. The quantitative estimate of drug-likeness (QED) is 0.238. The van der Waals surface area contributed by atoms with Gasteiger partial charge in [-0.25, -0.2) is 0 Å². The molecule has 1 saturated heterocycles. The maximum Gasteiger partial charge on any atom is 0.295 e. The van der Waals surface area contributed by atoms with E-state index in [2.05, 4.69) is 20.8 Å². The summed E-state index contributed by atoms with van der Waals surface area (Å²) in [5, 5.41) is 11.6. The molecule has 33 heavy (non-hydrogen) atoms. The molecule has 1 atom stereocenters. The normalized spacial score (nSPS) is 18.4. The molecule has 1 fully saturated rings. The van der Waals surface area contributed by atoms with E-state index in [0.29, 0.717) is 30.2 Å². The van der Waals surface area contributed by atoms with Crippen molar-refractivity contribution in [2.75, 3.05) is 13.2 Å². The number of carbonyl (C=O) groups excluding carboxylic acids is 2. The number of ketones is 1. The van der Waals surface area contributed by atoms with E-state index in [9.17, 15) is 14.7 Å². The van der Waals surface area contributed by atoms with E-state index < -0.39 is 17.7 Å². The number of halogens is 1. The van der Waals surface area contributed by atoms with Crippen LogP contribution in [0.2, 0.25) is 5.02 Å². The third-order valence-electron chi connectivity index (χ3n) is 5.74. The van der Waals surface area contributed by atoms with Gasteiger partial charge in [-0.15, -0.1) is 0 Å². The molecule has 0 unspecified atom stereocenters. The zero-order valence-electron chi connectivity index (χ0n) is 19.9. The molecular formula is C27H32ClNO4. The lowest BCUT2D eigenvalue weighted by Crippen LogP contribution is -2.31. The van der Waals surface area contributed by atoms with Crippen molar-refractivity contribution in [1.29, 1.82) is 0 Å². The van der Waals surface area contributed by atoms with E-state index in [4.69, 9.17) is 16.3 Å². The monoisotopic (exact) mass is 469 g/mol. The molecule has 5 nitrogen and oxygen atoms in total. The fourth-order valence-electron chi connectivity index (χ4n) is 3.94. The number of aliphatic hydroxyl groups is 1. The molecule has 1 aliphatic heterocycles. The fourth-order valence-corrected chi connectivity index (χ4v) is 4.07. The Hall–Kier alpha value is -2.63. The number of hydrogen-bond acceptors (Lipinski definition) is 4. The van der Waals surface area contributed by atoms with Crippen LogP contribution in [0, 0.1) is 0 Å². The average Bonchev–Trinajstić information content (AvgIpc) is 3.01. The van der Waals surface area contributed by atoms with Crippen LogP contribution < -0.4 is 0 Å². The van der Waals surface area contributed by atoms with Crippen molar-refractivity contribution in [3.63, 3.8) is 0 Å². The SMILES string of the molecule is CC(C)OCCCN1C(=O)C(=O)C(=C(O)c2ccc(Cl)cc2)[C@H]1c1ccc(C(C)(C)C)cc1. The Morgan fingerprint density at radius 3 is 2.21 bits per heavy atom. The fraction of sp³-hybridized carbons (Fsp3) is 0.407. The highest BCUT2D eigenvalue weighted by atomic mass is 35.5. The van der Waals surface area contributed by atoms with Gasteiger partial charge in [-0.2, -0.15) is 0 Å². The van der Waals surface area contributed by atoms with Crippen LogP contribution in [0.25, 0.3) is 5.76 Å². The van der Waals surface area contributed by atoms with Gasteiger partial charge in [-0.3, -0.25) is 9.59 Å². The maximum atomic E-state index is 13.1. The molecule has 0 saturated carbocycles. The van der Waals surface area contributed by atoms with Crippen molar-refractivity contribution in [2.24, 2.45) is 0 Å². The van der Waals surface area contributed by atoms with Crippen LogP contribution in [0.3, 0.4) is 0 Å². The summed E-state index contributed by atoms with van der Waals surface area (Å²) in [7, 11) is 0. The van der Waals surface area contributed by atoms with E-state index in [1.54, 1.807) is 29.2 Å². The largest absolute Gasteiger partial charge is 0.507 e. The minimum Gasteiger partial charge on any atom is -0.507 e. The molecule has 0 spiro atoms. The van der Waals surface area contributed by atoms with Gasteiger partial charge < -0.3 is 14.7 Å². The number of amides is 1. The molecule has 2 aromatic carbocycles. The number of benzene rings is 2. The molecule has 176 valence electrons. The second kappa shape index (κ2) is 10.1. The van der Waals surface area contributed by atoms with Gasteiger partial charge >= 0.3 is 0 Å². The minimum atomic E-state index is -0.683. The number of rotatable bonds is 7. The number of Topliss-reactive ketones (excluding diaryl/α,β-unsaturated/α-hetero) is 1. The van der Waals surface area contributed by atoms with Crippen LogP contribution in [0.4, 0.5) is 0 Å². The first kappa shape index (κ1) is 25.0. The van der Waals surface area contributed by atoms with Crippen LogP contribution in [0.5, 0.6) is 0 Å². The van der Waals surface area contributed by atoms with Gasteiger partial charge in [0.1, 0.15) is 5.76 Å². The predicted molar refractivity (Wildman–Crippen MR) is 131 cm³/mol. The zero-order chi connectivity index (χ0) is 24.3. The highest BCUT2D eigenvalue weighted by Crippen LogP contribution is 2.40. The molecule has 6 heteroatoms. The lowest BCUT2D eigenvalue weighted by Gasteiger charge is -2.26. The van der Waals surface area contributed by atoms with Crippen LogP contribution >= 0.6 is 11.6 Å². The van der Waals surface area contributed by atoms with Gasteiger partial charge in [0.2, 0.25) is 0 Å². The number of carbonyl (C=O) groups is 2. The first-order valence-electron chi connectivity index (χ1n) is 11.3. The molecule has 1 aliphatic rings. The number of nitrogens with zero attached hydrogens (tertiary/aromatic N) is 1. The standard InChI is InChI=1S/C27H32ClNO4/c1-17(2)33-16-6-15-29-23(18-7-11-20(12-8-18)27(3,4)5)22(25(31)26(29)32)24(30)19-9-13-21(28)14-10-19/h7-14,17,23,30H,6,15-16H2,1-5H3/t23-/m1/s1. The summed E-state index contributed by atoms with van der Waals surface area (Å²) in [6.07, 6.45) is 0.675. The van der Waals surface area contributed by atoms with Crippen molar-refractivity contribution in [1.82, 2.24) is 4.90 Å². The van der Waals surface area contributed by atoms with Crippen molar-refractivity contribution in [2.45, 2.75) is 58.6 Å². The number of aliphatic hydroxyl groups excluding tert-OH is 1. The van der Waals surface area contributed by atoms with Crippen LogP contribution in [-0.2, 0) is 19.7 Å². The van der Waals surface area contributed by atoms with Gasteiger partial charge in [0.05, 0.1) is 17.7 Å². The maximum absolute atomic E-state index is 13.1. The van der Waals surface area contributed by atoms with Crippen molar-refractivity contribution in [3.05, 3.63) is 75.8 Å². The topological polar surface area (TPSA) is 66.8 Å². The molecule has 0 aromatic heterocycles. The van der Waals surface area contributed by atoms with Gasteiger partial charge in [0.25, 0.3) is 11.7 Å². The molecule has 1 N–H and O–H groups in total. The molecule has 1 amide bonds. The van der Waals surface area contributed by atoms with Gasteiger partial charge in [0.15, 0.2) is 0 Å². The summed E-state index contributed by atoms with van der Waals surface area (Å²) in [5.74, 6) is -1.49. The number of hydrogen-bond donors (Lipinski definition) is 1. The van der Waals surface area contributed by atoms with E-state index >= 15 is 0 Å². The van der Waals surface area contributed by atoms with E-state index in [0.717, 1.165) is 11.1 Å².